The fourth-order valence-electron chi connectivity index (χ4n) is 7.90. The summed E-state index contributed by atoms with van der Waals surface area (Å²) >= 11 is 0. The molecule has 0 radical (unpaired) electrons. The van der Waals surface area contributed by atoms with E-state index in [9.17, 15) is 0 Å². The zero-order valence-corrected chi connectivity index (χ0v) is 26.8. The molecule has 4 heteroatoms. The van der Waals surface area contributed by atoms with Gasteiger partial charge in [-0.05, 0) is 76.3 Å². The molecule has 232 valence electrons. The third-order valence-corrected chi connectivity index (χ3v) is 10.2. The van der Waals surface area contributed by atoms with Gasteiger partial charge >= 0.3 is 0 Å². The van der Waals surface area contributed by atoms with Gasteiger partial charge in [0, 0.05) is 43.9 Å². The highest BCUT2D eigenvalue weighted by atomic mass is 16.5. The molecule has 8 aromatic carbocycles. The monoisotopic (exact) mass is 637 g/mol. The first kappa shape index (κ1) is 27.2. The molecule has 0 spiro atoms. The van der Waals surface area contributed by atoms with Crippen LogP contribution < -0.4 is 4.74 Å². The van der Waals surface area contributed by atoms with Crippen LogP contribution in [0.5, 0.6) is 11.5 Å². The Balaban J connectivity index is 1.13. The molecule has 0 saturated carbocycles. The minimum absolute atomic E-state index is 0.698. The van der Waals surface area contributed by atoms with Crippen molar-refractivity contribution >= 4 is 54.3 Å². The van der Waals surface area contributed by atoms with Gasteiger partial charge in [0.25, 0.3) is 0 Å². The number of para-hydroxylation sites is 2. The van der Waals surface area contributed by atoms with Crippen LogP contribution in [-0.2, 0) is 0 Å². The smallest absolute Gasteiger partial charge is 0.161 e. The first-order chi connectivity index (χ1) is 24.8. The summed E-state index contributed by atoms with van der Waals surface area (Å²) in [7, 11) is 0. The molecule has 10 aromatic rings. The number of benzene rings is 8. The van der Waals surface area contributed by atoms with E-state index in [1.807, 2.05) is 18.2 Å². The van der Waals surface area contributed by atoms with Gasteiger partial charge in [-0.1, -0.05) is 109 Å². The molecule has 0 saturated heterocycles. The first-order valence-electron chi connectivity index (χ1n) is 16.9. The molecule has 1 aliphatic rings. The van der Waals surface area contributed by atoms with E-state index in [4.69, 9.17) is 14.7 Å². The van der Waals surface area contributed by atoms with Gasteiger partial charge in [0.2, 0.25) is 0 Å². The quantitative estimate of drug-likeness (QED) is 0.193. The number of nitrogens with zero attached hydrogens (tertiary/aromatic N) is 3. The molecule has 50 heavy (non-hydrogen) atoms. The number of ether oxygens (including phenoxy) is 1. The summed E-state index contributed by atoms with van der Waals surface area (Å²) in [4.78, 5) is 10.3. The lowest BCUT2D eigenvalue weighted by Gasteiger charge is -2.23. The predicted octanol–water partition coefficient (Wildman–Crippen LogP) is 12.1. The van der Waals surface area contributed by atoms with E-state index in [-0.39, 0.29) is 0 Å². The lowest BCUT2D eigenvalue weighted by molar-refractivity contribution is 0.487. The topological polar surface area (TPSA) is 39.9 Å². The Morgan fingerprint density at radius 1 is 0.440 bits per heavy atom. The maximum atomic E-state index is 6.66. The van der Waals surface area contributed by atoms with E-state index in [0.717, 1.165) is 66.8 Å². The third kappa shape index (κ3) is 3.93. The number of rotatable bonds is 3. The molecule has 11 rings (SSSR count). The average molecular weight is 638 g/mol. The highest BCUT2D eigenvalue weighted by Gasteiger charge is 2.24. The van der Waals surface area contributed by atoms with E-state index >= 15 is 0 Å². The molecule has 0 fully saturated rings. The van der Waals surface area contributed by atoms with Gasteiger partial charge in [-0.15, -0.1) is 0 Å². The molecule has 0 atom stereocenters. The van der Waals surface area contributed by atoms with Crippen LogP contribution in [0.25, 0.3) is 93.7 Å². The maximum Gasteiger partial charge on any atom is 0.161 e. The van der Waals surface area contributed by atoms with Crippen molar-refractivity contribution < 1.29 is 4.74 Å². The van der Waals surface area contributed by atoms with Crippen LogP contribution in [0.3, 0.4) is 0 Å². The van der Waals surface area contributed by atoms with E-state index in [0.29, 0.717) is 5.82 Å². The molecular formula is C46H27N3O. The Morgan fingerprint density at radius 3 is 2.08 bits per heavy atom. The van der Waals surface area contributed by atoms with Gasteiger partial charge in [0.05, 0.1) is 22.2 Å². The SMILES string of the molecule is c1ccc(-c2nc(-c3ccc4c5c(cccc35)-c3cc(-n5c6ccccc6c6cc7ccccc7cc65)ccc3O4)nc3ccccc23)cc1. The summed E-state index contributed by atoms with van der Waals surface area (Å²) in [6, 6.07) is 57.8. The number of hydrogen-bond donors (Lipinski definition) is 0. The van der Waals surface area contributed by atoms with Crippen LogP contribution in [-0.4, -0.2) is 14.5 Å². The molecule has 0 N–H and O–H groups in total. The van der Waals surface area contributed by atoms with Crippen molar-refractivity contribution in [2.24, 2.45) is 0 Å². The van der Waals surface area contributed by atoms with E-state index in [1.165, 1.54) is 32.6 Å². The molecule has 0 amide bonds. The van der Waals surface area contributed by atoms with E-state index in [1.54, 1.807) is 0 Å². The highest BCUT2D eigenvalue weighted by Crippen LogP contribution is 2.49. The summed E-state index contributed by atoms with van der Waals surface area (Å²) in [5.41, 5.74) is 9.55. The third-order valence-electron chi connectivity index (χ3n) is 10.2. The van der Waals surface area contributed by atoms with Crippen molar-refractivity contribution in [3.8, 4) is 51.0 Å². The highest BCUT2D eigenvalue weighted by molar-refractivity contribution is 6.14. The van der Waals surface area contributed by atoms with Crippen molar-refractivity contribution in [1.82, 2.24) is 14.5 Å². The fraction of sp³-hybridized carbons (Fsp3) is 0. The zero-order valence-electron chi connectivity index (χ0n) is 26.8. The Kier molecular flexibility index (Phi) is 5.63. The van der Waals surface area contributed by atoms with Crippen LogP contribution in [0.1, 0.15) is 0 Å². The van der Waals surface area contributed by atoms with Gasteiger partial charge in [-0.2, -0.15) is 0 Å². The Morgan fingerprint density at radius 2 is 1.18 bits per heavy atom. The molecule has 2 aromatic heterocycles. The van der Waals surface area contributed by atoms with Gasteiger partial charge < -0.3 is 9.30 Å². The summed E-state index contributed by atoms with van der Waals surface area (Å²) < 4.78 is 9.04. The number of fused-ring (bicyclic) bond motifs is 7. The van der Waals surface area contributed by atoms with Gasteiger partial charge in [-0.25, -0.2) is 9.97 Å². The van der Waals surface area contributed by atoms with Crippen LogP contribution in [0.4, 0.5) is 0 Å². The standard InChI is InChI=1S/C46H27N3O/c1-2-11-28(12-3-1)45-36-16-6-8-19-39(36)47-46(48-45)35-22-24-43-44-33(35)17-10-18-34(44)38-27-31(21-23-42(38)50-43)49-40-20-9-7-15-32(40)37-25-29-13-4-5-14-30(29)26-41(37)49/h1-27H. The second-order valence-corrected chi connectivity index (χ2v) is 13.0. The van der Waals surface area contributed by atoms with Crippen molar-refractivity contribution in [1.29, 1.82) is 0 Å². The minimum atomic E-state index is 0.698. The Labute approximate surface area is 287 Å². The summed E-state index contributed by atoms with van der Waals surface area (Å²) in [5.74, 6) is 2.39. The summed E-state index contributed by atoms with van der Waals surface area (Å²) in [5, 5.41) is 8.12. The largest absolute Gasteiger partial charge is 0.456 e. The van der Waals surface area contributed by atoms with Gasteiger partial charge in [0.15, 0.2) is 5.82 Å². The fourth-order valence-corrected chi connectivity index (χ4v) is 7.90. The molecule has 3 heterocycles. The lowest BCUT2D eigenvalue weighted by Crippen LogP contribution is -2.01. The minimum Gasteiger partial charge on any atom is -0.456 e. The van der Waals surface area contributed by atoms with Crippen LogP contribution >= 0.6 is 0 Å². The molecule has 4 nitrogen and oxygen atoms in total. The van der Waals surface area contributed by atoms with Gasteiger partial charge in [0.1, 0.15) is 11.5 Å². The first-order valence-corrected chi connectivity index (χ1v) is 16.9. The molecule has 1 aliphatic heterocycles. The Bertz CT molecular complexity index is 3010. The number of aromatic nitrogens is 3. The zero-order chi connectivity index (χ0) is 32.8. The lowest BCUT2D eigenvalue weighted by atomic mass is 9.92. The van der Waals surface area contributed by atoms with Gasteiger partial charge in [-0.3, -0.25) is 0 Å². The van der Waals surface area contributed by atoms with Crippen LogP contribution in [0, 0.1) is 0 Å². The normalized spacial score (nSPS) is 12.2. The number of hydrogen-bond acceptors (Lipinski definition) is 3. The second-order valence-electron chi connectivity index (χ2n) is 13.0. The van der Waals surface area contributed by atoms with Crippen molar-refractivity contribution in [2.45, 2.75) is 0 Å². The molecule has 0 unspecified atom stereocenters. The van der Waals surface area contributed by atoms with Crippen molar-refractivity contribution in [2.75, 3.05) is 0 Å². The predicted molar refractivity (Wildman–Crippen MR) is 205 cm³/mol. The van der Waals surface area contributed by atoms with Crippen molar-refractivity contribution in [3.63, 3.8) is 0 Å². The van der Waals surface area contributed by atoms with E-state index in [2.05, 4.69) is 150 Å². The van der Waals surface area contributed by atoms with E-state index < -0.39 is 0 Å². The Hall–Kier alpha value is -6.78. The molecule has 0 bridgehead atoms. The molecular weight excluding hydrogens is 611 g/mol. The van der Waals surface area contributed by atoms with Crippen LogP contribution in [0.15, 0.2) is 164 Å². The summed E-state index contributed by atoms with van der Waals surface area (Å²) in [6.45, 7) is 0. The van der Waals surface area contributed by atoms with Crippen molar-refractivity contribution in [3.05, 3.63) is 164 Å². The summed E-state index contributed by atoms with van der Waals surface area (Å²) in [6.07, 6.45) is 0. The van der Waals surface area contributed by atoms with Crippen LogP contribution in [0.2, 0.25) is 0 Å². The maximum absolute atomic E-state index is 6.66. The average Bonchev–Trinajstić information content (AvgIpc) is 3.50. The second kappa shape index (κ2) is 10.4. The molecule has 0 aliphatic carbocycles.